The Bertz CT molecular complexity index is 779. The van der Waals surface area contributed by atoms with Crippen LogP contribution in [0.25, 0.3) is 11.5 Å². The van der Waals surface area contributed by atoms with E-state index in [4.69, 9.17) is 9.15 Å². The van der Waals surface area contributed by atoms with Crippen LogP contribution < -0.4 is 4.74 Å². The van der Waals surface area contributed by atoms with Gasteiger partial charge in [-0.1, -0.05) is 13.3 Å². The maximum atomic E-state index is 14.2. The van der Waals surface area contributed by atoms with Crippen molar-refractivity contribution in [3.63, 3.8) is 0 Å². The van der Waals surface area contributed by atoms with Crippen molar-refractivity contribution in [2.75, 3.05) is 0 Å². The van der Waals surface area contributed by atoms with E-state index in [1.54, 1.807) is 13.0 Å². The summed E-state index contributed by atoms with van der Waals surface area (Å²) in [7, 11) is 0. The predicted octanol–water partition coefficient (Wildman–Crippen LogP) is 5.29. The molecule has 1 N–H and O–H groups in total. The second-order valence-corrected chi connectivity index (χ2v) is 6.70. The van der Waals surface area contributed by atoms with E-state index < -0.39 is 11.7 Å². The molecule has 0 aliphatic rings. The molecule has 0 amide bonds. The molecule has 0 fully saturated rings. The van der Waals surface area contributed by atoms with Gasteiger partial charge in [0.25, 0.3) is 0 Å². The Morgan fingerprint density at radius 3 is 2.58 bits per heavy atom. The van der Waals surface area contributed by atoms with Gasteiger partial charge in [0.05, 0.1) is 6.20 Å². The molecule has 142 valence electrons. The Morgan fingerprint density at radius 1 is 1.35 bits per heavy atom. The minimum absolute atomic E-state index is 0.111. The van der Waals surface area contributed by atoms with E-state index in [-0.39, 0.29) is 11.4 Å². The van der Waals surface area contributed by atoms with Crippen molar-refractivity contribution in [2.45, 2.75) is 59.2 Å². The molecule has 0 saturated carbocycles. The number of aliphatic hydroxyl groups is 1. The number of hydrogen-bond donors (Lipinski definition) is 1. The van der Waals surface area contributed by atoms with E-state index >= 15 is 0 Å². The molecule has 1 heterocycles. The van der Waals surface area contributed by atoms with Gasteiger partial charge >= 0.3 is 6.11 Å². The quantitative estimate of drug-likeness (QED) is 0.677. The van der Waals surface area contributed by atoms with Crippen molar-refractivity contribution < 1.29 is 23.0 Å². The van der Waals surface area contributed by atoms with Crippen molar-refractivity contribution in [2.24, 2.45) is 4.99 Å². The molecule has 0 saturated heterocycles. The molecule has 0 aliphatic heterocycles. The van der Waals surface area contributed by atoms with Crippen LogP contribution in [-0.2, 0) is 0 Å². The first-order chi connectivity index (χ1) is 12.1. The molecule has 0 atom stereocenters. The van der Waals surface area contributed by atoms with Crippen molar-refractivity contribution in [3.8, 4) is 17.2 Å². The van der Waals surface area contributed by atoms with Crippen molar-refractivity contribution in [3.05, 3.63) is 30.2 Å². The highest BCUT2D eigenvalue weighted by molar-refractivity contribution is 5.87. The van der Waals surface area contributed by atoms with Crippen LogP contribution in [0.15, 0.2) is 34.0 Å². The van der Waals surface area contributed by atoms with Gasteiger partial charge in [0, 0.05) is 11.3 Å². The van der Waals surface area contributed by atoms with Gasteiger partial charge in [-0.25, -0.2) is 4.98 Å². The molecule has 5 nitrogen and oxygen atoms in total. The number of rotatable bonds is 7. The average Bonchev–Trinajstić information content (AvgIpc) is 3.04. The van der Waals surface area contributed by atoms with Gasteiger partial charge < -0.3 is 14.3 Å². The van der Waals surface area contributed by atoms with Gasteiger partial charge in [0.15, 0.2) is 11.4 Å². The van der Waals surface area contributed by atoms with Gasteiger partial charge in [-0.3, -0.25) is 4.99 Å². The molecule has 26 heavy (non-hydrogen) atoms. The monoisotopic (exact) mass is 366 g/mol. The molecule has 7 heteroatoms. The third-order valence-electron chi connectivity index (χ3n) is 3.92. The first-order valence-corrected chi connectivity index (χ1v) is 8.43. The van der Waals surface area contributed by atoms with Crippen molar-refractivity contribution in [1.29, 1.82) is 0 Å². The fourth-order valence-corrected chi connectivity index (χ4v) is 2.36. The number of benzene rings is 1. The van der Waals surface area contributed by atoms with Gasteiger partial charge in [-0.05, 0) is 51.8 Å². The first-order valence-electron chi connectivity index (χ1n) is 8.43. The third kappa shape index (κ3) is 4.27. The Hall–Kier alpha value is -2.28. The summed E-state index contributed by atoms with van der Waals surface area (Å²) in [6, 6.07) is 2.98. The molecule has 2 aromatic rings. The van der Waals surface area contributed by atoms with E-state index in [2.05, 4.69) is 9.98 Å². The molecule has 0 spiro atoms. The normalized spacial score (nSPS) is 13.2. The average molecular weight is 366 g/mol. The summed E-state index contributed by atoms with van der Waals surface area (Å²) in [5, 5.41) is 9.70. The summed E-state index contributed by atoms with van der Waals surface area (Å²) in [4.78, 5) is 8.60. The number of alkyl halides is 2. The van der Waals surface area contributed by atoms with Gasteiger partial charge in [0.1, 0.15) is 12.0 Å². The third-order valence-corrected chi connectivity index (χ3v) is 3.92. The zero-order chi connectivity index (χ0) is 19.5. The van der Waals surface area contributed by atoms with Crippen LogP contribution in [0.2, 0.25) is 0 Å². The number of hydrogen-bond acceptors (Lipinski definition) is 5. The van der Waals surface area contributed by atoms with E-state index in [1.165, 1.54) is 18.5 Å². The van der Waals surface area contributed by atoms with E-state index in [1.807, 2.05) is 13.8 Å². The Labute approximate surface area is 151 Å². The molecule has 1 aromatic carbocycles. The SMILES string of the molecule is CCC/C(C)=N\c1c(OC(F)(F)C(C)(C)O)ccc(-c2ncco2)c1C. The highest BCUT2D eigenvalue weighted by atomic mass is 19.3. The van der Waals surface area contributed by atoms with Crippen LogP contribution >= 0.6 is 0 Å². The minimum Gasteiger partial charge on any atom is -0.445 e. The summed E-state index contributed by atoms with van der Waals surface area (Å²) >= 11 is 0. The van der Waals surface area contributed by atoms with E-state index in [0.717, 1.165) is 32.4 Å². The lowest BCUT2D eigenvalue weighted by Gasteiger charge is -2.29. The summed E-state index contributed by atoms with van der Waals surface area (Å²) in [6.07, 6.45) is 0.764. The molecule has 0 bridgehead atoms. The number of ether oxygens (including phenoxy) is 1. The summed E-state index contributed by atoms with van der Waals surface area (Å²) in [5.74, 6) is 0.258. The molecule has 0 aliphatic carbocycles. The second-order valence-electron chi connectivity index (χ2n) is 6.70. The highest BCUT2D eigenvalue weighted by Gasteiger charge is 2.49. The van der Waals surface area contributed by atoms with Gasteiger partial charge in [0.2, 0.25) is 5.89 Å². The van der Waals surface area contributed by atoms with Crippen LogP contribution in [0.5, 0.6) is 5.75 Å². The predicted molar refractivity (Wildman–Crippen MR) is 96.2 cm³/mol. The fraction of sp³-hybridized carbons (Fsp3) is 0.474. The molecule has 2 rings (SSSR count). The standard InChI is InChI=1S/C19H24F2N2O3/c1-6-7-12(2)23-16-13(3)14(17-22-10-11-25-17)8-9-15(16)26-19(20,21)18(4,5)24/h8-11,24H,6-7H2,1-5H3/b23-12-. The summed E-state index contributed by atoms with van der Waals surface area (Å²) in [5.41, 5.74) is -0.0437. The lowest BCUT2D eigenvalue weighted by Crippen LogP contribution is -2.47. The smallest absolute Gasteiger partial charge is 0.426 e. The van der Waals surface area contributed by atoms with Crippen LogP contribution in [-0.4, -0.2) is 27.5 Å². The lowest BCUT2D eigenvalue weighted by atomic mass is 10.0. The number of oxazole rings is 1. The summed E-state index contributed by atoms with van der Waals surface area (Å²) < 4.78 is 38.7. The number of nitrogens with zero attached hydrogens (tertiary/aromatic N) is 2. The van der Waals surface area contributed by atoms with Crippen molar-refractivity contribution in [1.82, 2.24) is 4.98 Å². The minimum atomic E-state index is -3.78. The zero-order valence-corrected chi connectivity index (χ0v) is 15.6. The van der Waals surface area contributed by atoms with Crippen LogP contribution in [0.3, 0.4) is 0 Å². The highest BCUT2D eigenvalue weighted by Crippen LogP contribution is 2.41. The van der Waals surface area contributed by atoms with Crippen LogP contribution in [0.1, 0.15) is 46.1 Å². The molecular weight excluding hydrogens is 342 g/mol. The molecule has 0 radical (unpaired) electrons. The van der Waals surface area contributed by atoms with Crippen LogP contribution in [0.4, 0.5) is 14.5 Å². The fourth-order valence-electron chi connectivity index (χ4n) is 2.36. The number of aliphatic imine (C=N–C) groups is 1. The van der Waals surface area contributed by atoms with Gasteiger partial charge in [-0.15, -0.1) is 0 Å². The molecule has 1 aromatic heterocycles. The Balaban J connectivity index is 2.57. The molecule has 0 unspecified atom stereocenters. The summed E-state index contributed by atoms with van der Waals surface area (Å²) in [6.45, 7) is 7.57. The number of aromatic nitrogens is 1. The zero-order valence-electron chi connectivity index (χ0n) is 15.6. The lowest BCUT2D eigenvalue weighted by molar-refractivity contribution is -0.276. The van der Waals surface area contributed by atoms with E-state index in [0.29, 0.717) is 17.0 Å². The first kappa shape index (κ1) is 20.0. The largest absolute Gasteiger partial charge is 0.445 e. The van der Waals surface area contributed by atoms with E-state index in [9.17, 15) is 13.9 Å². The van der Waals surface area contributed by atoms with Crippen LogP contribution in [0, 0.1) is 6.92 Å². The Morgan fingerprint density at radius 2 is 2.04 bits per heavy atom. The van der Waals surface area contributed by atoms with Crippen molar-refractivity contribution >= 4 is 11.4 Å². The topological polar surface area (TPSA) is 67.8 Å². The maximum Gasteiger partial charge on any atom is 0.426 e. The Kier molecular flexibility index (Phi) is 5.81. The van der Waals surface area contributed by atoms with Gasteiger partial charge in [-0.2, -0.15) is 8.78 Å². The second kappa shape index (κ2) is 7.53. The number of halogens is 2. The maximum absolute atomic E-state index is 14.2. The molecular formula is C19H24F2N2O3.